The number of nitrogens with zero attached hydrogens (tertiary/aromatic N) is 7. The van der Waals surface area contributed by atoms with Gasteiger partial charge in [0.2, 0.25) is 11.9 Å². The van der Waals surface area contributed by atoms with Crippen molar-refractivity contribution in [1.29, 1.82) is 10.5 Å². The van der Waals surface area contributed by atoms with Crippen molar-refractivity contribution in [3.8, 4) is 35.1 Å². The average molecular weight is 990 g/mol. The third kappa shape index (κ3) is 11.8. The normalized spacial score (nSPS) is 19.0. The molecule has 2 atom stereocenters. The molecule has 69 heavy (non-hydrogen) atoms. The Morgan fingerprint density at radius 3 is 1.71 bits per heavy atom. The van der Waals surface area contributed by atoms with E-state index in [9.17, 15) is 33.7 Å². The van der Waals surface area contributed by atoms with Crippen LogP contribution in [0.4, 0.5) is 25.0 Å². The molecule has 4 aliphatic rings. The third-order valence-electron chi connectivity index (χ3n) is 12.5. The third-order valence-corrected chi connectivity index (χ3v) is 13.1. The molecule has 2 fully saturated rings. The van der Waals surface area contributed by atoms with E-state index in [4.69, 9.17) is 46.9 Å². The Morgan fingerprint density at radius 2 is 1.25 bits per heavy atom. The first-order valence-electron chi connectivity index (χ1n) is 22.3. The lowest BCUT2D eigenvalue weighted by Gasteiger charge is -2.41. The molecule has 364 valence electrons. The number of carbonyl (C=O) groups is 3. The minimum Gasteiger partial charge on any atom is -0.495 e. The maximum Gasteiger partial charge on any atom is 0.415 e. The largest absolute Gasteiger partial charge is 0.495 e. The fraction of sp³-hybridized carbons (Fsp3) is 0.449. The second kappa shape index (κ2) is 20.9. The summed E-state index contributed by atoms with van der Waals surface area (Å²) in [6.45, 7) is 7.12. The van der Waals surface area contributed by atoms with E-state index in [0.29, 0.717) is 105 Å². The number of halogens is 4. The number of carbonyl (C=O) groups excluding carboxylic acids is 3. The number of methoxy groups -OCH3 is 2. The fourth-order valence-electron chi connectivity index (χ4n) is 8.70. The summed E-state index contributed by atoms with van der Waals surface area (Å²) in [7, 11) is 2.98. The predicted molar refractivity (Wildman–Crippen MR) is 250 cm³/mol. The van der Waals surface area contributed by atoms with Gasteiger partial charge in [-0.25, -0.2) is 14.8 Å². The van der Waals surface area contributed by atoms with E-state index in [1.54, 1.807) is 67.0 Å². The quantitative estimate of drug-likeness (QED) is 0.166. The summed E-state index contributed by atoms with van der Waals surface area (Å²) < 4.78 is 54.3. The number of nitrogens with one attached hydrogen (secondary N) is 1. The van der Waals surface area contributed by atoms with Crippen molar-refractivity contribution in [3.05, 3.63) is 94.0 Å². The van der Waals surface area contributed by atoms with Crippen LogP contribution in [0.5, 0.6) is 23.0 Å². The Labute approximate surface area is 408 Å². The van der Waals surface area contributed by atoms with Crippen LogP contribution in [0.2, 0.25) is 10.0 Å². The number of piperidine rings is 2. The first kappa shape index (κ1) is 50.3. The Kier molecular flexibility index (Phi) is 15.2. The highest BCUT2D eigenvalue weighted by Crippen LogP contribution is 2.43. The Balaban J connectivity index is 0.000000208. The zero-order valence-corrected chi connectivity index (χ0v) is 40.3. The lowest BCUT2D eigenvalue weighted by Crippen LogP contribution is -2.54. The highest BCUT2D eigenvalue weighted by Gasteiger charge is 2.43. The zero-order valence-electron chi connectivity index (χ0n) is 38.8. The molecule has 4 aliphatic heterocycles. The summed E-state index contributed by atoms with van der Waals surface area (Å²) in [4.78, 5) is 51.8. The lowest BCUT2D eigenvalue weighted by atomic mass is 9.75. The number of rotatable bonds is 8. The summed E-state index contributed by atoms with van der Waals surface area (Å²) in [5, 5.41) is 23.7. The van der Waals surface area contributed by atoms with E-state index in [1.165, 1.54) is 43.6 Å². The Hall–Kier alpha value is -6.63. The number of aromatic nitrogens is 2. The summed E-state index contributed by atoms with van der Waals surface area (Å²) in [6, 6.07) is 17.1. The van der Waals surface area contributed by atoms with Crippen molar-refractivity contribution in [2.24, 2.45) is 10.8 Å². The van der Waals surface area contributed by atoms with Gasteiger partial charge in [0.1, 0.15) is 28.6 Å². The highest BCUT2D eigenvalue weighted by atomic mass is 35.5. The molecule has 8 rings (SSSR count). The molecule has 0 saturated carbocycles. The molecule has 4 aromatic rings. The first-order chi connectivity index (χ1) is 32.9. The Bertz CT molecular complexity index is 2620. The van der Waals surface area contributed by atoms with Gasteiger partial charge in [0, 0.05) is 50.7 Å². The van der Waals surface area contributed by atoms with E-state index in [0.717, 1.165) is 11.1 Å². The number of hydrogen-bond donors (Lipinski definition) is 1. The molecule has 6 heterocycles. The molecular formula is C49H52Cl2F2N8O8. The minimum absolute atomic E-state index is 0.0649. The van der Waals surface area contributed by atoms with Gasteiger partial charge in [-0.05, 0) is 94.7 Å². The van der Waals surface area contributed by atoms with Crippen LogP contribution in [0.15, 0.2) is 60.9 Å². The SMILES string of the molecule is COc1cc2c(cc1Cl)N(C(=O)OC(C)(C)C)CC(C(=O)N1CCC(C#N)(Cc3ccc(F)nc3)CC1)O2.COc1cc2c(cc1Cl)NCC(C(=O)N1CCC(C#N)(Cc3ccc(F)nc3)CC1)O2. The molecular weight excluding hydrogens is 937 g/mol. The highest BCUT2D eigenvalue weighted by molar-refractivity contribution is 6.33. The van der Waals surface area contributed by atoms with Crippen molar-refractivity contribution in [3.63, 3.8) is 0 Å². The molecule has 0 bridgehead atoms. The van der Waals surface area contributed by atoms with Crippen molar-refractivity contribution in [2.45, 2.75) is 77.1 Å². The molecule has 2 aromatic heterocycles. The number of hydrogen-bond acceptors (Lipinski definition) is 13. The van der Waals surface area contributed by atoms with Gasteiger partial charge in [-0.1, -0.05) is 35.3 Å². The lowest BCUT2D eigenvalue weighted by molar-refractivity contribution is -0.141. The zero-order chi connectivity index (χ0) is 49.7. The number of anilines is 2. The molecule has 20 heteroatoms. The summed E-state index contributed by atoms with van der Waals surface area (Å²) >= 11 is 12.5. The van der Waals surface area contributed by atoms with Crippen molar-refractivity contribution in [2.75, 3.05) is 63.7 Å². The predicted octanol–water partition coefficient (Wildman–Crippen LogP) is 8.19. The summed E-state index contributed by atoms with van der Waals surface area (Å²) in [5.41, 5.74) is 0.627. The topological polar surface area (TPSA) is 192 Å². The number of benzene rings is 2. The second-order valence-electron chi connectivity index (χ2n) is 18.4. The maximum absolute atomic E-state index is 13.6. The monoisotopic (exact) mass is 988 g/mol. The van der Waals surface area contributed by atoms with Crippen LogP contribution in [0.1, 0.15) is 57.6 Å². The molecule has 1 N–H and O–H groups in total. The number of ether oxygens (including phenoxy) is 5. The minimum atomic E-state index is -0.989. The van der Waals surface area contributed by atoms with Crippen LogP contribution in [0.25, 0.3) is 0 Å². The van der Waals surface area contributed by atoms with Crippen LogP contribution in [-0.4, -0.2) is 109 Å². The number of pyridine rings is 2. The van der Waals surface area contributed by atoms with Crippen molar-refractivity contribution < 1.29 is 46.8 Å². The summed E-state index contributed by atoms with van der Waals surface area (Å²) in [6.07, 6.45) is 3.45. The van der Waals surface area contributed by atoms with Crippen LogP contribution >= 0.6 is 23.2 Å². The van der Waals surface area contributed by atoms with E-state index >= 15 is 0 Å². The van der Waals surface area contributed by atoms with E-state index in [1.807, 2.05) is 0 Å². The van der Waals surface area contributed by atoms with Crippen LogP contribution < -0.4 is 29.2 Å². The molecule has 0 aliphatic carbocycles. The van der Waals surface area contributed by atoms with Crippen LogP contribution in [0, 0.1) is 45.4 Å². The van der Waals surface area contributed by atoms with Gasteiger partial charge in [0.05, 0.1) is 71.7 Å². The van der Waals surface area contributed by atoms with Crippen molar-refractivity contribution in [1.82, 2.24) is 19.8 Å². The number of fused-ring (bicyclic) bond motifs is 2. The number of nitriles is 2. The number of amides is 3. The molecule has 2 saturated heterocycles. The standard InChI is InChI=1S/C27H30ClFN4O5.C22H22ClFN4O3/c1-26(2,3)38-25(35)33-15-22(37-21-12-20(36-4)18(28)11-19(21)33)24(34)32-9-7-27(16-30,8-10-32)13-17-5-6-23(29)31-14-17;1-30-17-9-18-16(8-15(17)23)26-12-19(31-18)21(29)28-6-4-22(13-25,5-7-28)10-14-2-3-20(24)27-11-14/h5-6,11-12,14,22H,7-10,13,15H2,1-4H3;2-3,8-9,11,19,26H,4-7,10,12H2,1H3. The second-order valence-corrected chi connectivity index (χ2v) is 19.2. The molecule has 0 spiro atoms. The van der Waals surface area contributed by atoms with E-state index < -0.39 is 46.6 Å². The van der Waals surface area contributed by atoms with Crippen molar-refractivity contribution >= 4 is 52.5 Å². The molecule has 0 radical (unpaired) electrons. The Morgan fingerprint density at radius 1 is 0.768 bits per heavy atom. The smallest absolute Gasteiger partial charge is 0.415 e. The van der Waals surface area contributed by atoms with Gasteiger partial charge in [0.25, 0.3) is 11.8 Å². The molecule has 2 unspecified atom stereocenters. The van der Waals surface area contributed by atoms with Crippen LogP contribution in [0.3, 0.4) is 0 Å². The van der Waals surface area contributed by atoms with Gasteiger partial charge in [0.15, 0.2) is 12.2 Å². The van der Waals surface area contributed by atoms with Gasteiger partial charge >= 0.3 is 6.09 Å². The van der Waals surface area contributed by atoms with E-state index in [-0.39, 0.29) is 29.1 Å². The maximum atomic E-state index is 13.6. The van der Waals surface area contributed by atoms with Gasteiger partial charge in [-0.15, -0.1) is 0 Å². The van der Waals surface area contributed by atoms with Gasteiger partial charge in [-0.3, -0.25) is 14.5 Å². The molecule has 16 nitrogen and oxygen atoms in total. The van der Waals surface area contributed by atoms with Gasteiger partial charge in [-0.2, -0.15) is 19.3 Å². The van der Waals surface area contributed by atoms with Gasteiger partial charge < -0.3 is 38.8 Å². The molecule has 3 amide bonds. The van der Waals surface area contributed by atoms with Crippen LogP contribution in [-0.2, 0) is 27.2 Å². The first-order valence-corrected chi connectivity index (χ1v) is 23.1. The number of likely N-dealkylation sites (tertiary alicyclic amines) is 2. The molecule has 2 aromatic carbocycles. The average Bonchev–Trinajstić information content (AvgIpc) is 3.34. The van der Waals surface area contributed by atoms with E-state index in [2.05, 4.69) is 27.4 Å². The summed E-state index contributed by atoms with van der Waals surface area (Å²) in [5.74, 6) is 0.0616. The fourth-order valence-corrected chi connectivity index (χ4v) is 9.17.